The van der Waals surface area contributed by atoms with Gasteiger partial charge in [0.1, 0.15) is 5.75 Å². The van der Waals surface area contributed by atoms with Crippen LogP contribution in [0.4, 0.5) is 13.2 Å². The Bertz CT molecular complexity index is 960. The van der Waals surface area contributed by atoms with E-state index in [4.69, 9.17) is 9.47 Å². The van der Waals surface area contributed by atoms with Crippen LogP contribution in [0.2, 0.25) is 0 Å². The van der Waals surface area contributed by atoms with E-state index in [-0.39, 0.29) is 17.6 Å². The maximum atomic E-state index is 15.1. The lowest BCUT2D eigenvalue weighted by atomic mass is 9.76. The van der Waals surface area contributed by atoms with Crippen LogP contribution >= 0.6 is 0 Å². The minimum absolute atomic E-state index is 0.0400. The number of unbranched alkanes of at least 4 members (excludes halogenated alkanes) is 1. The Balaban J connectivity index is 1.28. The second-order valence-electron chi connectivity index (χ2n) is 10.7. The summed E-state index contributed by atoms with van der Waals surface area (Å²) >= 11 is 0. The maximum absolute atomic E-state index is 15.1. The van der Waals surface area contributed by atoms with E-state index in [9.17, 15) is 8.78 Å². The molecule has 35 heavy (non-hydrogen) atoms. The molecule has 0 N–H and O–H groups in total. The van der Waals surface area contributed by atoms with Gasteiger partial charge < -0.3 is 9.47 Å². The summed E-state index contributed by atoms with van der Waals surface area (Å²) in [6.45, 7) is 5.30. The number of ether oxygens (including phenoxy) is 2. The normalized spacial score (nSPS) is 24.8. The van der Waals surface area contributed by atoms with E-state index in [1.807, 2.05) is 12.1 Å². The SMILES string of the molecule is CCCCOc1ccc(OCC2CCC(c3ccc(C4CCC(C)CC4)c(F)c3F)CC2)cc1F. The van der Waals surface area contributed by atoms with Gasteiger partial charge in [-0.25, -0.2) is 13.2 Å². The van der Waals surface area contributed by atoms with E-state index in [0.29, 0.717) is 41.9 Å². The first kappa shape index (κ1) is 25.9. The Morgan fingerprint density at radius 1 is 0.771 bits per heavy atom. The molecule has 0 aliphatic heterocycles. The van der Waals surface area contributed by atoms with Crippen molar-refractivity contribution in [1.82, 2.24) is 0 Å². The summed E-state index contributed by atoms with van der Waals surface area (Å²) in [5.41, 5.74) is 1.09. The van der Waals surface area contributed by atoms with Gasteiger partial charge in [0.15, 0.2) is 23.2 Å². The average Bonchev–Trinajstić information content (AvgIpc) is 2.87. The first-order valence-electron chi connectivity index (χ1n) is 13.5. The second-order valence-corrected chi connectivity index (χ2v) is 10.7. The molecule has 0 bridgehead atoms. The van der Waals surface area contributed by atoms with Crippen LogP contribution in [0.3, 0.4) is 0 Å². The zero-order valence-corrected chi connectivity index (χ0v) is 21.1. The molecule has 2 nitrogen and oxygen atoms in total. The Kier molecular flexibility index (Phi) is 9.02. The molecule has 2 aliphatic rings. The fourth-order valence-electron chi connectivity index (χ4n) is 5.65. The van der Waals surface area contributed by atoms with Crippen LogP contribution in [0.15, 0.2) is 30.3 Å². The lowest BCUT2D eigenvalue weighted by molar-refractivity contribution is 0.198. The first-order valence-corrected chi connectivity index (χ1v) is 13.5. The quantitative estimate of drug-likeness (QED) is 0.328. The van der Waals surface area contributed by atoms with E-state index >= 15 is 4.39 Å². The maximum Gasteiger partial charge on any atom is 0.168 e. The molecule has 0 unspecified atom stereocenters. The Morgan fingerprint density at radius 2 is 1.37 bits per heavy atom. The van der Waals surface area contributed by atoms with Gasteiger partial charge in [0.25, 0.3) is 0 Å². The van der Waals surface area contributed by atoms with E-state index in [1.165, 1.54) is 6.07 Å². The molecule has 2 aliphatic carbocycles. The monoisotopic (exact) mass is 488 g/mol. The summed E-state index contributed by atoms with van der Waals surface area (Å²) in [5.74, 6) is 0.257. The van der Waals surface area contributed by atoms with Crippen molar-refractivity contribution in [1.29, 1.82) is 0 Å². The molecule has 4 rings (SSSR count). The highest BCUT2D eigenvalue weighted by Gasteiger charge is 2.29. The fraction of sp³-hybridized carbons (Fsp3) is 0.600. The van der Waals surface area contributed by atoms with Gasteiger partial charge >= 0.3 is 0 Å². The van der Waals surface area contributed by atoms with Crippen molar-refractivity contribution in [3.63, 3.8) is 0 Å². The van der Waals surface area contributed by atoms with Crippen molar-refractivity contribution in [3.8, 4) is 11.5 Å². The molecule has 0 spiro atoms. The highest BCUT2D eigenvalue weighted by molar-refractivity contribution is 5.33. The number of rotatable bonds is 9. The summed E-state index contributed by atoms with van der Waals surface area (Å²) < 4.78 is 55.6. The highest BCUT2D eigenvalue weighted by atomic mass is 19.2. The zero-order chi connectivity index (χ0) is 24.8. The van der Waals surface area contributed by atoms with Gasteiger partial charge in [-0.3, -0.25) is 0 Å². The van der Waals surface area contributed by atoms with E-state index < -0.39 is 17.5 Å². The highest BCUT2D eigenvalue weighted by Crippen LogP contribution is 2.41. The summed E-state index contributed by atoms with van der Waals surface area (Å²) in [7, 11) is 0. The van der Waals surface area contributed by atoms with Crippen LogP contribution < -0.4 is 9.47 Å². The van der Waals surface area contributed by atoms with Gasteiger partial charge in [0.2, 0.25) is 0 Å². The number of hydrogen-bond acceptors (Lipinski definition) is 2. The largest absolute Gasteiger partial charge is 0.493 e. The van der Waals surface area contributed by atoms with E-state index in [2.05, 4.69) is 13.8 Å². The van der Waals surface area contributed by atoms with Crippen LogP contribution in [0.1, 0.15) is 101 Å². The number of hydrogen-bond donors (Lipinski definition) is 0. The summed E-state index contributed by atoms with van der Waals surface area (Å²) in [6.07, 6.45) is 9.34. The van der Waals surface area contributed by atoms with Crippen molar-refractivity contribution >= 4 is 0 Å². The predicted octanol–water partition coefficient (Wildman–Crippen LogP) is 8.93. The second kappa shape index (κ2) is 12.2. The van der Waals surface area contributed by atoms with Gasteiger partial charge in [0, 0.05) is 6.07 Å². The van der Waals surface area contributed by atoms with Crippen molar-refractivity contribution in [3.05, 3.63) is 58.9 Å². The number of halogens is 3. The third-order valence-electron chi connectivity index (χ3n) is 8.03. The third-order valence-corrected chi connectivity index (χ3v) is 8.03. The molecule has 2 fully saturated rings. The predicted molar refractivity (Wildman–Crippen MR) is 134 cm³/mol. The van der Waals surface area contributed by atoms with E-state index in [1.54, 1.807) is 12.1 Å². The van der Waals surface area contributed by atoms with Gasteiger partial charge in [-0.05, 0) is 91.9 Å². The lowest BCUT2D eigenvalue weighted by Crippen LogP contribution is -2.20. The van der Waals surface area contributed by atoms with Gasteiger partial charge in [-0.1, -0.05) is 45.2 Å². The molecule has 2 saturated carbocycles. The van der Waals surface area contributed by atoms with Crippen molar-refractivity contribution in [2.24, 2.45) is 11.8 Å². The zero-order valence-electron chi connectivity index (χ0n) is 21.1. The Morgan fingerprint density at radius 3 is 1.94 bits per heavy atom. The average molecular weight is 489 g/mol. The first-order chi connectivity index (χ1) is 17.0. The Labute approximate surface area is 208 Å². The van der Waals surface area contributed by atoms with Gasteiger partial charge in [-0.15, -0.1) is 0 Å². The summed E-state index contributed by atoms with van der Waals surface area (Å²) in [6, 6.07) is 8.41. The van der Waals surface area contributed by atoms with E-state index in [0.717, 1.165) is 64.2 Å². The Hall–Kier alpha value is -2.17. The number of benzene rings is 2. The summed E-state index contributed by atoms with van der Waals surface area (Å²) in [4.78, 5) is 0. The van der Waals surface area contributed by atoms with Crippen LogP contribution in [-0.4, -0.2) is 13.2 Å². The molecular formula is C30H39F3O2. The molecule has 0 radical (unpaired) electrons. The molecule has 0 heterocycles. The van der Waals surface area contributed by atoms with Crippen molar-refractivity contribution in [2.45, 2.75) is 89.9 Å². The molecule has 5 heteroatoms. The smallest absolute Gasteiger partial charge is 0.168 e. The standard InChI is InChI=1S/C30H39F3O2/c1-3-4-17-34-28-16-13-24(18-27(28)31)35-19-21-7-11-23(12-8-21)26-15-14-25(29(32)30(26)33)22-9-5-20(2)6-10-22/h13-16,18,20-23H,3-12,17,19H2,1-2H3. The van der Waals surface area contributed by atoms with Gasteiger partial charge in [-0.2, -0.15) is 0 Å². The van der Waals surface area contributed by atoms with Crippen molar-refractivity contribution < 1.29 is 22.6 Å². The third kappa shape index (κ3) is 6.54. The molecule has 0 saturated heterocycles. The van der Waals surface area contributed by atoms with Crippen LogP contribution in [0.5, 0.6) is 11.5 Å². The van der Waals surface area contributed by atoms with Crippen LogP contribution in [-0.2, 0) is 0 Å². The van der Waals surface area contributed by atoms with Crippen molar-refractivity contribution in [2.75, 3.05) is 13.2 Å². The van der Waals surface area contributed by atoms with Gasteiger partial charge in [0.05, 0.1) is 13.2 Å². The lowest BCUT2D eigenvalue weighted by Gasteiger charge is -2.30. The molecule has 2 aromatic carbocycles. The van der Waals surface area contributed by atoms with Crippen LogP contribution in [0, 0.1) is 29.3 Å². The molecule has 0 atom stereocenters. The fourth-order valence-corrected chi connectivity index (χ4v) is 5.65. The minimum Gasteiger partial charge on any atom is -0.493 e. The molecule has 2 aromatic rings. The summed E-state index contributed by atoms with van der Waals surface area (Å²) in [5, 5.41) is 0. The minimum atomic E-state index is -0.641. The topological polar surface area (TPSA) is 18.5 Å². The molecule has 192 valence electrons. The molecule has 0 amide bonds. The van der Waals surface area contributed by atoms with Crippen LogP contribution in [0.25, 0.3) is 0 Å². The molecular weight excluding hydrogens is 449 g/mol. The molecule has 0 aromatic heterocycles.